The fourth-order valence-electron chi connectivity index (χ4n) is 3.79. The van der Waals surface area contributed by atoms with Gasteiger partial charge in [-0.2, -0.15) is 4.98 Å². The Bertz CT molecular complexity index is 506. The SMILES string of the molecule is CC(C)[C@@H]1OCC[C@H]1c1nc([C@H]2CCO[C@@H]2C(C)(C)C)no1. The first-order valence-corrected chi connectivity index (χ1v) is 8.44. The molecule has 2 aliphatic rings. The first kappa shape index (κ1) is 15.9. The zero-order valence-corrected chi connectivity index (χ0v) is 14.3. The van der Waals surface area contributed by atoms with Crippen LogP contribution >= 0.6 is 0 Å². The van der Waals surface area contributed by atoms with Gasteiger partial charge in [0.25, 0.3) is 0 Å². The lowest BCUT2D eigenvalue weighted by Gasteiger charge is -2.29. The van der Waals surface area contributed by atoms with Crippen LogP contribution in [0.5, 0.6) is 0 Å². The van der Waals surface area contributed by atoms with Crippen molar-refractivity contribution in [1.29, 1.82) is 0 Å². The van der Waals surface area contributed by atoms with Crippen molar-refractivity contribution in [3.05, 3.63) is 11.7 Å². The topological polar surface area (TPSA) is 57.4 Å². The average Bonchev–Trinajstić information content (AvgIpc) is 3.17. The van der Waals surface area contributed by atoms with Crippen LogP contribution in [0.1, 0.15) is 71.0 Å². The van der Waals surface area contributed by atoms with Gasteiger partial charge in [0.05, 0.1) is 24.0 Å². The van der Waals surface area contributed by atoms with Crippen molar-refractivity contribution in [2.75, 3.05) is 13.2 Å². The number of hydrogen-bond donors (Lipinski definition) is 0. The van der Waals surface area contributed by atoms with Crippen LogP contribution in [0.25, 0.3) is 0 Å². The highest BCUT2D eigenvalue weighted by Crippen LogP contribution is 2.41. The molecule has 0 bridgehead atoms. The lowest BCUT2D eigenvalue weighted by Crippen LogP contribution is -2.30. The first-order chi connectivity index (χ1) is 10.4. The van der Waals surface area contributed by atoms with E-state index < -0.39 is 0 Å². The average molecular weight is 308 g/mol. The Morgan fingerprint density at radius 3 is 2.41 bits per heavy atom. The zero-order chi connectivity index (χ0) is 15.9. The zero-order valence-electron chi connectivity index (χ0n) is 14.3. The molecule has 1 aromatic rings. The van der Waals surface area contributed by atoms with E-state index in [4.69, 9.17) is 19.0 Å². The van der Waals surface area contributed by atoms with Gasteiger partial charge in [0, 0.05) is 13.2 Å². The summed E-state index contributed by atoms with van der Waals surface area (Å²) < 4.78 is 17.4. The fourth-order valence-corrected chi connectivity index (χ4v) is 3.79. The van der Waals surface area contributed by atoms with Crippen molar-refractivity contribution in [2.24, 2.45) is 11.3 Å². The largest absolute Gasteiger partial charge is 0.377 e. The minimum atomic E-state index is 0.0822. The molecular formula is C17H28N2O3. The summed E-state index contributed by atoms with van der Waals surface area (Å²) in [6, 6.07) is 0. The summed E-state index contributed by atoms with van der Waals surface area (Å²) in [5.74, 6) is 2.47. The molecule has 0 saturated carbocycles. The number of hydrogen-bond acceptors (Lipinski definition) is 5. The van der Waals surface area contributed by atoms with Crippen LogP contribution in [0.2, 0.25) is 0 Å². The highest BCUT2D eigenvalue weighted by Gasteiger charge is 2.42. The van der Waals surface area contributed by atoms with E-state index in [-0.39, 0.29) is 29.5 Å². The van der Waals surface area contributed by atoms with Crippen LogP contribution < -0.4 is 0 Å². The van der Waals surface area contributed by atoms with Gasteiger partial charge in [0.2, 0.25) is 5.89 Å². The third kappa shape index (κ3) is 2.93. The van der Waals surface area contributed by atoms with Crippen LogP contribution in [0, 0.1) is 11.3 Å². The number of aromatic nitrogens is 2. The van der Waals surface area contributed by atoms with Gasteiger partial charge in [-0.3, -0.25) is 0 Å². The van der Waals surface area contributed by atoms with Crippen LogP contribution in [0.3, 0.4) is 0 Å². The van der Waals surface area contributed by atoms with E-state index >= 15 is 0 Å². The van der Waals surface area contributed by atoms with E-state index in [1.54, 1.807) is 0 Å². The standard InChI is InChI=1S/C17H28N2O3/c1-10(2)13-11(6-8-20-13)16-18-15(19-22-16)12-7-9-21-14(12)17(3,4)5/h10-14H,6-9H2,1-5H3/t11-,12+,13+,14+/m1/s1. The second-order valence-corrected chi connectivity index (χ2v) is 8.02. The molecule has 22 heavy (non-hydrogen) atoms. The molecular weight excluding hydrogens is 280 g/mol. The number of rotatable bonds is 3. The molecule has 0 aromatic carbocycles. The lowest BCUT2D eigenvalue weighted by atomic mass is 9.81. The molecule has 1 aromatic heterocycles. The van der Waals surface area contributed by atoms with Crippen LogP contribution in [0.4, 0.5) is 0 Å². The van der Waals surface area contributed by atoms with Gasteiger partial charge in [-0.1, -0.05) is 39.8 Å². The summed E-state index contributed by atoms with van der Waals surface area (Å²) in [5.41, 5.74) is 0.0822. The Kier molecular flexibility index (Phi) is 4.29. The molecule has 124 valence electrons. The molecule has 0 aliphatic carbocycles. The molecule has 0 spiro atoms. The Hall–Kier alpha value is -0.940. The maximum Gasteiger partial charge on any atom is 0.232 e. The van der Waals surface area contributed by atoms with Crippen LogP contribution in [0.15, 0.2) is 4.52 Å². The van der Waals surface area contributed by atoms with E-state index in [1.807, 2.05) is 0 Å². The van der Waals surface area contributed by atoms with Gasteiger partial charge in [0.1, 0.15) is 0 Å². The van der Waals surface area contributed by atoms with Crippen molar-refractivity contribution >= 4 is 0 Å². The van der Waals surface area contributed by atoms with Gasteiger partial charge < -0.3 is 14.0 Å². The molecule has 4 atom stereocenters. The van der Waals surface area contributed by atoms with Crippen molar-refractivity contribution in [3.8, 4) is 0 Å². The summed E-state index contributed by atoms with van der Waals surface area (Å²) in [4.78, 5) is 4.73. The molecule has 2 aliphatic heterocycles. The molecule has 2 fully saturated rings. The van der Waals surface area contributed by atoms with E-state index in [9.17, 15) is 0 Å². The monoisotopic (exact) mass is 308 g/mol. The minimum Gasteiger partial charge on any atom is -0.377 e. The predicted octanol–water partition coefficient (Wildman–Crippen LogP) is 3.52. The van der Waals surface area contributed by atoms with E-state index in [0.29, 0.717) is 5.92 Å². The van der Waals surface area contributed by atoms with Crippen molar-refractivity contribution in [3.63, 3.8) is 0 Å². The maximum absolute atomic E-state index is 5.93. The second-order valence-electron chi connectivity index (χ2n) is 8.02. The summed E-state index contributed by atoms with van der Waals surface area (Å²) in [5, 5.41) is 4.28. The summed E-state index contributed by atoms with van der Waals surface area (Å²) in [7, 11) is 0. The number of nitrogens with zero attached hydrogens (tertiary/aromatic N) is 2. The molecule has 0 amide bonds. The Morgan fingerprint density at radius 1 is 1.05 bits per heavy atom. The summed E-state index contributed by atoms with van der Waals surface area (Å²) >= 11 is 0. The van der Waals surface area contributed by atoms with Crippen molar-refractivity contribution in [2.45, 2.75) is 71.5 Å². The molecule has 5 heteroatoms. The normalized spacial score (nSPS) is 33.0. The second kappa shape index (κ2) is 5.93. The van der Waals surface area contributed by atoms with E-state index in [1.165, 1.54) is 0 Å². The molecule has 5 nitrogen and oxygen atoms in total. The molecule has 3 rings (SSSR count). The van der Waals surface area contributed by atoms with Crippen LogP contribution in [-0.4, -0.2) is 35.6 Å². The van der Waals surface area contributed by atoms with Crippen LogP contribution in [-0.2, 0) is 9.47 Å². The maximum atomic E-state index is 5.93. The Morgan fingerprint density at radius 2 is 1.73 bits per heavy atom. The van der Waals surface area contributed by atoms with Gasteiger partial charge in [0.15, 0.2) is 5.82 Å². The summed E-state index contributed by atoms with van der Waals surface area (Å²) in [6.07, 6.45) is 2.27. The van der Waals surface area contributed by atoms with Gasteiger partial charge in [-0.15, -0.1) is 0 Å². The lowest BCUT2D eigenvalue weighted by molar-refractivity contribution is 0.0193. The third-order valence-corrected chi connectivity index (χ3v) is 4.84. The van der Waals surface area contributed by atoms with E-state index in [0.717, 1.165) is 37.8 Å². The predicted molar refractivity (Wildman–Crippen MR) is 82.8 cm³/mol. The van der Waals surface area contributed by atoms with Gasteiger partial charge in [-0.25, -0.2) is 0 Å². The van der Waals surface area contributed by atoms with Crippen molar-refractivity contribution in [1.82, 2.24) is 10.1 Å². The quantitative estimate of drug-likeness (QED) is 0.855. The molecule has 0 N–H and O–H groups in total. The highest BCUT2D eigenvalue weighted by atomic mass is 16.5. The summed E-state index contributed by atoms with van der Waals surface area (Å²) in [6.45, 7) is 12.5. The Labute approximate surface area is 132 Å². The minimum absolute atomic E-state index is 0.0822. The molecule has 3 heterocycles. The molecule has 0 radical (unpaired) electrons. The Balaban J connectivity index is 1.79. The van der Waals surface area contributed by atoms with Crippen molar-refractivity contribution < 1.29 is 14.0 Å². The van der Waals surface area contributed by atoms with Gasteiger partial charge >= 0.3 is 0 Å². The fraction of sp³-hybridized carbons (Fsp3) is 0.882. The number of ether oxygens (including phenoxy) is 2. The van der Waals surface area contributed by atoms with Gasteiger partial charge in [-0.05, 0) is 24.2 Å². The molecule has 2 saturated heterocycles. The smallest absolute Gasteiger partial charge is 0.232 e. The third-order valence-electron chi connectivity index (χ3n) is 4.84. The van der Waals surface area contributed by atoms with E-state index in [2.05, 4.69) is 39.8 Å². The molecule has 0 unspecified atom stereocenters. The first-order valence-electron chi connectivity index (χ1n) is 8.44. The highest BCUT2D eigenvalue weighted by molar-refractivity contribution is 5.08.